The number of carboxylic acids is 1. The summed E-state index contributed by atoms with van der Waals surface area (Å²) in [6, 6.07) is 1.00. The average molecular weight is 240 g/mol. The van der Waals surface area contributed by atoms with E-state index in [4.69, 9.17) is 5.11 Å². The first-order valence-corrected chi connectivity index (χ1v) is 5.22. The lowest BCUT2D eigenvalue weighted by Gasteiger charge is -2.12. The number of rotatable bonds is 5. The molecule has 17 heavy (non-hydrogen) atoms. The summed E-state index contributed by atoms with van der Waals surface area (Å²) in [5.41, 5.74) is 0.867. The minimum Gasteiger partial charge on any atom is -0.481 e. The number of aliphatic carboxylic acids is 1. The van der Waals surface area contributed by atoms with Crippen LogP contribution in [0.15, 0.2) is 12.3 Å². The monoisotopic (exact) mass is 240 g/mol. The molecule has 1 unspecified atom stereocenters. The van der Waals surface area contributed by atoms with Crippen molar-refractivity contribution in [1.82, 2.24) is 20.4 Å². The van der Waals surface area contributed by atoms with Gasteiger partial charge in [-0.3, -0.25) is 9.48 Å². The molecule has 3 N–H and O–H groups in total. The first-order chi connectivity index (χ1) is 7.99. The molecule has 0 radical (unpaired) electrons. The van der Waals surface area contributed by atoms with Gasteiger partial charge in [0.1, 0.15) is 0 Å². The van der Waals surface area contributed by atoms with Crippen LogP contribution in [0.1, 0.15) is 19.0 Å². The largest absolute Gasteiger partial charge is 0.481 e. The van der Waals surface area contributed by atoms with Gasteiger partial charge in [-0.1, -0.05) is 0 Å². The minimum absolute atomic E-state index is 0.0981. The predicted molar refractivity (Wildman–Crippen MR) is 60.3 cm³/mol. The van der Waals surface area contributed by atoms with Gasteiger partial charge in [-0.2, -0.15) is 5.10 Å². The second-order valence-corrected chi connectivity index (χ2v) is 3.77. The molecule has 1 atom stereocenters. The molecule has 0 aromatic carbocycles. The molecule has 0 saturated heterocycles. The number of nitrogens with one attached hydrogen (secondary N) is 2. The normalized spacial score (nSPS) is 11.9. The highest BCUT2D eigenvalue weighted by molar-refractivity contribution is 5.75. The van der Waals surface area contributed by atoms with E-state index in [0.717, 1.165) is 5.69 Å². The number of hydrogen-bond acceptors (Lipinski definition) is 3. The second-order valence-electron chi connectivity index (χ2n) is 3.77. The summed E-state index contributed by atoms with van der Waals surface area (Å²) in [5, 5.41) is 17.7. The number of nitrogens with zero attached hydrogens (tertiary/aromatic N) is 2. The highest BCUT2D eigenvalue weighted by Crippen LogP contribution is 1.95. The quantitative estimate of drug-likeness (QED) is 0.679. The third-order valence-corrected chi connectivity index (χ3v) is 2.21. The Morgan fingerprint density at radius 3 is 2.82 bits per heavy atom. The number of hydrogen-bond donors (Lipinski definition) is 3. The van der Waals surface area contributed by atoms with Crippen molar-refractivity contribution in [3.05, 3.63) is 18.0 Å². The lowest BCUT2D eigenvalue weighted by molar-refractivity contribution is -0.137. The fraction of sp³-hybridized carbons (Fsp3) is 0.500. The van der Waals surface area contributed by atoms with Gasteiger partial charge < -0.3 is 15.7 Å². The van der Waals surface area contributed by atoms with Crippen LogP contribution in [-0.4, -0.2) is 32.9 Å². The molecule has 0 aliphatic carbocycles. The van der Waals surface area contributed by atoms with Crippen LogP contribution in [0.4, 0.5) is 4.79 Å². The molecule has 1 aromatic heterocycles. The maximum Gasteiger partial charge on any atom is 0.315 e. The Morgan fingerprint density at radius 2 is 2.29 bits per heavy atom. The van der Waals surface area contributed by atoms with Crippen molar-refractivity contribution >= 4 is 12.0 Å². The summed E-state index contributed by atoms with van der Waals surface area (Å²) in [6.07, 6.45) is 1.54. The van der Waals surface area contributed by atoms with Gasteiger partial charge in [-0.25, -0.2) is 4.79 Å². The van der Waals surface area contributed by atoms with Crippen LogP contribution in [0.25, 0.3) is 0 Å². The molecule has 0 bridgehead atoms. The van der Waals surface area contributed by atoms with Crippen LogP contribution in [0.5, 0.6) is 0 Å². The Balaban J connectivity index is 2.30. The van der Waals surface area contributed by atoms with E-state index in [0.29, 0.717) is 6.54 Å². The van der Waals surface area contributed by atoms with Gasteiger partial charge in [0, 0.05) is 19.3 Å². The van der Waals surface area contributed by atoms with Crippen molar-refractivity contribution in [2.75, 3.05) is 0 Å². The van der Waals surface area contributed by atoms with Crippen LogP contribution in [0.2, 0.25) is 0 Å². The van der Waals surface area contributed by atoms with Crippen LogP contribution >= 0.6 is 0 Å². The summed E-state index contributed by atoms with van der Waals surface area (Å²) in [7, 11) is 1.78. The molecule has 1 heterocycles. The highest BCUT2D eigenvalue weighted by atomic mass is 16.4. The number of urea groups is 1. The molecule has 7 nitrogen and oxygen atoms in total. The lowest BCUT2D eigenvalue weighted by atomic mass is 10.2. The number of aromatic nitrogens is 2. The van der Waals surface area contributed by atoms with E-state index in [9.17, 15) is 9.59 Å². The number of carboxylic acid groups (broad SMARTS) is 1. The summed E-state index contributed by atoms with van der Waals surface area (Å²) >= 11 is 0. The maximum absolute atomic E-state index is 11.4. The summed E-state index contributed by atoms with van der Waals surface area (Å²) in [6.45, 7) is 1.99. The molecule has 2 amide bonds. The zero-order chi connectivity index (χ0) is 12.8. The Hall–Kier alpha value is -2.05. The van der Waals surface area contributed by atoms with Gasteiger partial charge >= 0.3 is 12.0 Å². The van der Waals surface area contributed by atoms with Crippen molar-refractivity contribution in [2.45, 2.75) is 25.9 Å². The zero-order valence-corrected chi connectivity index (χ0v) is 9.80. The molecular weight excluding hydrogens is 224 g/mol. The van der Waals surface area contributed by atoms with Crippen LogP contribution in [0.3, 0.4) is 0 Å². The highest BCUT2D eigenvalue weighted by Gasteiger charge is 2.10. The van der Waals surface area contributed by atoms with Crippen LogP contribution in [-0.2, 0) is 18.4 Å². The smallest absolute Gasteiger partial charge is 0.315 e. The average Bonchev–Trinajstić information content (AvgIpc) is 2.59. The van der Waals surface area contributed by atoms with E-state index >= 15 is 0 Å². The van der Waals surface area contributed by atoms with E-state index in [1.165, 1.54) is 0 Å². The van der Waals surface area contributed by atoms with Crippen molar-refractivity contribution in [1.29, 1.82) is 0 Å². The SMILES string of the molecule is CC(CC(=O)O)NC(=O)NCc1ccnn1C. The summed E-state index contributed by atoms with van der Waals surface area (Å²) < 4.78 is 1.65. The Labute approximate surface area is 98.8 Å². The predicted octanol–water partition coefficient (Wildman–Crippen LogP) is 0.0825. The van der Waals surface area contributed by atoms with E-state index in [1.807, 2.05) is 0 Å². The molecule has 0 fully saturated rings. The van der Waals surface area contributed by atoms with Gasteiger partial charge in [-0.15, -0.1) is 0 Å². The van der Waals surface area contributed by atoms with Gasteiger partial charge in [-0.05, 0) is 13.0 Å². The topological polar surface area (TPSA) is 96.2 Å². The molecule has 94 valence electrons. The molecule has 1 rings (SSSR count). The van der Waals surface area contributed by atoms with Crippen molar-refractivity contribution < 1.29 is 14.7 Å². The van der Waals surface area contributed by atoms with Gasteiger partial charge in [0.05, 0.1) is 18.7 Å². The Bertz CT molecular complexity index is 402. The zero-order valence-electron chi connectivity index (χ0n) is 9.80. The van der Waals surface area contributed by atoms with E-state index in [2.05, 4.69) is 15.7 Å². The second kappa shape index (κ2) is 5.88. The van der Waals surface area contributed by atoms with Crippen molar-refractivity contribution in [3.8, 4) is 0 Å². The fourth-order valence-corrected chi connectivity index (χ4v) is 1.33. The van der Waals surface area contributed by atoms with Gasteiger partial charge in [0.25, 0.3) is 0 Å². The molecule has 0 aliphatic heterocycles. The Kier molecular flexibility index (Phi) is 4.50. The third kappa shape index (κ3) is 4.54. The number of aryl methyl sites for hydroxylation is 1. The van der Waals surface area contributed by atoms with Crippen molar-refractivity contribution in [3.63, 3.8) is 0 Å². The molecule has 0 saturated carbocycles. The lowest BCUT2D eigenvalue weighted by Crippen LogP contribution is -2.41. The molecular formula is C10H16N4O3. The molecule has 0 aliphatic rings. The molecule has 0 spiro atoms. The van der Waals surface area contributed by atoms with Gasteiger partial charge in [0.15, 0.2) is 0 Å². The Morgan fingerprint density at radius 1 is 1.59 bits per heavy atom. The number of carbonyl (C=O) groups excluding carboxylic acids is 1. The molecule has 7 heteroatoms. The summed E-state index contributed by atoms with van der Waals surface area (Å²) in [5.74, 6) is -0.940. The van der Waals surface area contributed by atoms with E-state index in [1.54, 1.807) is 30.9 Å². The standard InChI is InChI=1S/C10H16N4O3/c1-7(5-9(15)16)13-10(17)11-6-8-3-4-12-14(8)2/h3-4,7H,5-6H2,1-2H3,(H,15,16)(H2,11,13,17). The summed E-state index contributed by atoms with van der Waals surface area (Å²) in [4.78, 5) is 21.8. The van der Waals surface area contributed by atoms with E-state index < -0.39 is 12.0 Å². The van der Waals surface area contributed by atoms with Crippen LogP contribution in [0, 0.1) is 0 Å². The van der Waals surface area contributed by atoms with Gasteiger partial charge in [0.2, 0.25) is 0 Å². The van der Waals surface area contributed by atoms with E-state index in [-0.39, 0.29) is 12.5 Å². The van der Waals surface area contributed by atoms with Crippen molar-refractivity contribution in [2.24, 2.45) is 7.05 Å². The van der Waals surface area contributed by atoms with Crippen LogP contribution < -0.4 is 10.6 Å². The molecule has 1 aromatic rings. The first kappa shape index (κ1) is 13.0. The third-order valence-electron chi connectivity index (χ3n) is 2.21. The minimum atomic E-state index is -0.940. The number of amides is 2. The number of carbonyl (C=O) groups is 2. The maximum atomic E-state index is 11.4. The fourth-order valence-electron chi connectivity index (χ4n) is 1.33. The first-order valence-electron chi connectivity index (χ1n) is 5.22.